The molecule has 4 nitrogen and oxygen atoms in total. The number of anilines is 1. The van der Waals surface area contributed by atoms with Crippen LogP contribution in [-0.4, -0.2) is 11.0 Å². The Kier molecular flexibility index (Phi) is 4.92. The summed E-state index contributed by atoms with van der Waals surface area (Å²) in [6.07, 6.45) is 0. The number of thiocarbonyl (C=S) groups is 1. The van der Waals surface area contributed by atoms with E-state index >= 15 is 0 Å². The summed E-state index contributed by atoms with van der Waals surface area (Å²) < 4.78 is 0. The number of hydrogen-bond acceptors (Lipinski definition) is 3. The van der Waals surface area contributed by atoms with Gasteiger partial charge in [-0.3, -0.25) is 21.0 Å². The number of halogens is 1. The van der Waals surface area contributed by atoms with Gasteiger partial charge in [0.05, 0.1) is 5.69 Å². The first-order valence-electron chi connectivity index (χ1n) is 5.83. The largest absolute Gasteiger partial charge is 0.299 e. The summed E-state index contributed by atoms with van der Waals surface area (Å²) >= 11 is 10.8. The zero-order valence-electron chi connectivity index (χ0n) is 10.4. The second-order valence-electron chi connectivity index (χ2n) is 3.91. The number of hydrogen-bond donors (Lipinski definition) is 3. The van der Waals surface area contributed by atoms with Gasteiger partial charge in [0.2, 0.25) is 0 Å². The molecule has 3 N–H and O–H groups in total. The van der Waals surface area contributed by atoms with Crippen LogP contribution in [0.25, 0.3) is 0 Å². The Labute approximate surface area is 127 Å². The topological polar surface area (TPSA) is 53.2 Å². The van der Waals surface area contributed by atoms with E-state index in [1.54, 1.807) is 24.3 Å². The van der Waals surface area contributed by atoms with E-state index in [-0.39, 0.29) is 11.0 Å². The molecular weight excluding hydrogens is 294 g/mol. The number of benzene rings is 2. The first-order chi connectivity index (χ1) is 9.65. The fourth-order valence-corrected chi connectivity index (χ4v) is 1.82. The van der Waals surface area contributed by atoms with Crippen LogP contribution in [0.5, 0.6) is 0 Å². The third-order valence-electron chi connectivity index (χ3n) is 2.41. The van der Waals surface area contributed by atoms with E-state index in [0.29, 0.717) is 10.6 Å². The van der Waals surface area contributed by atoms with Crippen LogP contribution in [0, 0.1) is 0 Å². The molecule has 0 atom stereocenters. The summed E-state index contributed by atoms with van der Waals surface area (Å²) in [5.41, 5.74) is 6.90. The maximum Gasteiger partial charge on any atom is 0.257 e. The van der Waals surface area contributed by atoms with Gasteiger partial charge in [0.15, 0.2) is 5.11 Å². The molecule has 0 aliphatic heterocycles. The number of carbonyl (C=O) groups is 1. The van der Waals surface area contributed by atoms with Crippen molar-refractivity contribution in [3.63, 3.8) is 0 Å². The van der Waals surface area contributed by atoms with Crippen molar-refractivity contribution in [2.75, 3.05) is 5.43 Å². The van der Waals surface area contributed by atoms with Gasteiger partial charge in [0.1, 0.15) is 0 Å². The lowest BCUT2D eigenvalue weighted by Crippen LogP contribution is -2.41. The zero-order valence-corrected chi connectivity index (χ0v) is 12.0. The second-order valence-corrected chi connectivity index (χ2v) is 4.75. The van der Waals surface area contributed by atoms with Crippen molar-refractivity contribution < 1.29 is 4.79 Å². The number of rotatable bonds is 3. The lowest BCUT2D eigenvalue weighted by molar-refractivity contribution is 0.0977. The van der Waals surface area contributed by atoms with E-state index in [0.717, 1.165) is 5.69 Å². The van der Waals surface area contributed by atoms with Gasteiger partial charge in [-0.25, -0.2) is 0 Å². The molecule has 0 bridgehead atoms. The molecule has 102 valence electrons. The van der Waals surface area contributed by atoms with Crippen LogP contribution in [0.15, 0.2) is 54.6 Å². The second kappa shape index (κ2) is 6.88. The molecular formula is C14H12ClN3OS. The van der Waals surface area contributed by atoms with Crippen LogP contribution in [0.4, 0.5) is 5.69 Å². The molecule has 0 spiro atoms. The fraction of sp³-hybridized carbons (Fsp3) is 0. The van der Waals surface area contributed by atoms with Crippen LogP contribution in [0.1, 0.15) is 10.4 Å². The highest BCUT2D eigenvalue weighted by molar-refractivity contribution is 7.80. The van der Waals surface area contributed by atoms with Gasteiger partial charge in [0.25, 0.3) is 5.91 Å². The van der Waals surface area contributed by atoms with Crippen LogP contribution in [-0.2, 0) is 0 Å². The monoisotopic (exact) mass is 305 g/mol. The minimum absolute atomic E-state index is 0.179. The highest BCUT2D eigenvalue weighted by Gasteiger charge is 2.07. The normalized spacial score (nSPS) is 9.65. The molecule has 2 aromatic carbocycles. The number of nitrogens with one attached hydrogen (secondary N) is 3. The Bertz CT molecular complexity index is 619. The maximum absolute atomic E-state index is 11.9. The van der Waals surface area contributed by atoms with Gasteiger partial charge < -0.3 is 0 Å². The van der Waals surface area contributed by atoms with Crippen LogP contribution >= 0.6 is 23.8 Å². The molecule has 6 heteroatoms. The third-order valence-corrected chi connectivity index (χ3v) is 2.85. The van der Waals surface area contributed by atoms with E-state index in [1.165, 1.54) is 0 Å². The Morgan fingerprint density at radius 1 is 1.05 bits per heavy atom. The van der Waals surface area contributed by atoms with Gasteiger partial charge in [-0.1, -0.05) is 35.9 Å². The number of amides is 1. The molecule has 2 rings (SSSR count). The molecule has 0 radical (unpaired) electrons. The highest BCUT2D eigenvalue weighted by Crippen LogP contribution is 2.10. The SMILES string of the molecule is O=C(NC(=S)NNc1ccccc1)c1cccc(Cl)c1. The minimum atomic E-state index is -0.320. The lowest BCUT2D eigenvalue weighted by atomic mass is 10.2. The van der Waals surface area contributed by atoms with E-state index in [1.807, 2.05) is 30.3 Å². The van der Waals surface area contributed by atoms with E-state index in [2.05, 4.69) is 16.2 Å². The van der Waals surface area contributed by atoms with Crippen LogP contribution < -0.4 is 16.2 Å². The summed E-state index contributed by atoms with van der Waals surface area (Å²) in [5, 5.41) is 3.23. The maximum atomic E-state index is 11.9. The van der Waals surface area contributed by atoms with E-state index in [4.69, 9.17) is 23.8 Å². The van der Waals surface area contributed by atoms with Crippen molar-refractivity contribution in [3.8, 4) is 0 Å². The average molecular weight is 306 g/mol. The van der Waals surface area contributed by atoms with Gasteiger partial charge in [-0.15, -0.1) is 0 Å². The number of carbonyl (C=O) groups excluding carboxylic acids is 1. The molecule has 0 fully saturated rings. The summed E-state index contributed by atoms with van der Waals surface area (Å²) in [6, 6.07) is 16.1. The van der Waals surface area contributed by atoms with Gasteiger partial charge in [0, 0.05) is 10.6 Å². The first-order valence-corrected chi connectivity index (χ1v) is 6.62. The molecule has 0 aromatic heterocycles. The Balaban J connectivity index is 1.87. The van der Waals surface area contributed by atoms with Crippen molar-refractivity contribution in [1.29, 1.82) is 0 Å². The first kappa shape index (κ1) is 14.3. The number of para-hydroxylation sites is 1. The Morgan fingerprint density at radius 3 is 2.50 bits per heavy atom. The molecule has 0 aliphatic carbocycles. The molecule has 0 saturated carbocycles. The van der Waals surface area contributed by atoms with Gasteiger partial charge >= 0.3 is 0 Å². The van der Waals surface area contributed by atoms with E-state index in [9.17, 15) is 4.79 Å². The minimum Gasteiger partial charge on any atom is -0.299 e. The van der Waals surface area contributed by atoms with Crippen LogP contribution in [0.3, 0.4) is 0 Å². The Morgan fingerprint density at radius 2 is 1.80 bits per heavy atom. The summed E-state index contributed by atoms with van der Waals surface area (Å²) in [7, 11) is 0. The summed E-state index contributed by atoms with van der Waals surface area (Å²) in [6.45, 7) is 0. The van der Waals surface area contributed by atoms with E-state index < -0.39 is 0 Å². The zero-order chi connectivity index (χ0) is 14.4. The quantitative estimate of drug-likeness (QED) is 0.603. The molecule has 0 aliphatic rings. The van der Waals surface area contributed by atoms with Crippen molar-refractivity contribution in [1.82, 2.24) is 10.7 Å². The molecule has 20 heavy (non-hydrogen) atoms. The van der Waals surface area contributed by atoms with Crippen molar-refractivity contribution in [2.24, 2.45) is 0 Å². The van der Waals surface area contributed by atoms with Crippen molar-refractivity contribution in [2.45, 2.75) is 0 Å². The Hall–Kier alpha value is -2.11. The van der Waals surface area contributed by atoms with Crippen LogP contribution in [0.2, 0.25) is 5.02 Å². The third kappa shape index (κ3) is 4.22. The lowest BCUT2D eigenvalue weighted by Gasteiger charge is -2.11. The highest BCUT2D eigenvalue weighted by atomic mass is 35.5. The summed E-state index contributed by atoms with van der Waals surface area (Å²) in [5.74, 6) is -0.320. The van der Waals surface area contributed by atoms with Crippen molar-refractivity contribution in [3.05, 3.63) is 65.2 Å². The van der Waals surface area contributed by atoms with Crippen molar-refractivity contribution >= 4 is 40.5 Å². The fourth-order valence-electron chi connectivity index (χ4n) is 1.49. The molecule has 0 saturated heterocycles. The van der Waals surface area contributed by atoms with Gasteiger partial charge in [-0.05, 0) is 42.5 Å². The molecule has 2 aromatic rings. The summed E-state index contributed by atoms with van der Waals surface area (Å²) in [4.78, 5) is 11.9. The number of hydrazine groups is 1. The predicted molar refractivity (Wildman–Crippen MR) is 84.7 cm³/mol. The standard InChI is InChI=1S/C14H12ClN3OS/c15-11-6-4-5-10(9-11)13(19)16-14(20)18-17-12-7-2-1-3-8-12/h1-9,17H,(H2,16,18,19,20). The predicted octanol–water partition coefficient (Wildman–Crippen LogP) is 2.97. The van der Waals surface area contributed by atoms with Gasteiger partial charge in [-0.2, -0.15) is 0 Å². The molecule has 0 unspecified atom stereocenters. The smallest absolute Gasteiger partial charge is 0.257 e. The average Bonchev–Trinajstić information content (AvgIpc) is 2.46. The molecule has 0 heterocycles. The molecule has 1 amide bonds.